The molecule has 58 heavy (non-hydrogen) atoms. The van der Waals surface area contributed by atoms with Gasteiger partial charge in [0.05, 0.1) is 41.6 Å². The van der Waals surface area contributed by atoms with Gasteiger partial charge in [0.15, 0.2) is 21.4 Å². The first-order valence-electron chi connectivity index (χ1n) is 20.5. The zero-order valence-corrected chi connectivity index (χ0v) is 38.3. The number of nitrogens with two attached hydrogens (primary N) is 1. The number of benzene rings is 1. The molecule has 0 saturated carbocycles. The summed E-state index contributed by atoms with van der Waals surface area (Å²) in [5, 5.41) is 0. The molecule has 2 rings (SSSR count). The van der Waals surface area contributed by atoms with E-state index in [2.05, 4.69) is 0 Å². The van der Waals surface area contributed by atoms with Crippen LogP contribution in [0.25, 0.3) is 0 Å². The standard InChI is InChI=1S/C43H72N4O10S/c1-15-28(6)39(45(11)41(51)32(26(2)3)23-34(48)38(27(4)5)46(12)42(52)57-43(8,9)10)36(55-13)24-37(50)47-22-16-17-33(47)40(56-14)29(7)35(49)25-58(53,54)31-20-18-30(44)19-21-31/h18-21,26-29,32-33,36,38-40H,15-17,22-25,44H2,1-14H3/t28-,29-,32-,33-,36+,38-,39-,40+/m0/s1. The minimum atomic E-state index is -3.94. The highest BCUT2D eigenvalue weighted by molar-refractivity contribution is 7.92. The predicted molar refractivity (Wildman–Crippen MR) is 225 cm³/mol. The predicted octanol–water partition coefficient (Wildman–Crippen LogP) is 5.65. The number of likely N-dealkylation sites (tertiary alicyclic amines) is 1. The summed E-state index contributed by atoms with van der Waals surface area (Å²) in [6, 6.07) is 3.85. The molecule has 330 valence electrons. The Morgan fingerprint density at radius 2 is 1.47 bits per heavy atom. The van der Waals surface area contributed by atoms with Crippen molar-refractivity contribution in [1.82, 2.24) is 14.7 Å². The van der Waals surface area contributed by atoms with E-state index in [4.69, 9.17) is 19.9 Å². The van der Waals surface area contributed by atoms with Crippen molar-refractivity contribution in [3.05, 3.63) is 24.3 Å². The Labute approximate surface area is 347 Å². The van der Waals surface area contributed by atoms with E-state index in [0.29, 0.717) is 31.5 Å². The molecule has 0 aromatic heterocycles. The van der Waals surface area contributed by atoms with Gasteiger partial charge in [-0.05, 0) is 75.6 Å². The van der Waals surface area contributed by atoms with Crippen molar-refractivity contribution in [2.24, 2.45) is 29.6 Å². The molecule has 14 nitrogen and oxygen atoms in total. The number of ether oxygens (including phenoxy) is 3. The molecule has 0 aliphatic carbocycles. The number of carbonyl (C=O) groups is 5. The van der Waals surface area contributed by atoms with Gasteiger partial charge < -0.3 is 34.6 Å². The molecule has 1 heterocycles. The second kappa shape index (κ2) is 21.6. The first-order chi connectivity index (χ1) is 26.8. The summed E-state index contributed by atoms with van der Waals surface area (Å²) in [4.78, 5) is 73.7. The molecule has 0 bridgehead atoms. The largest absolute Gasteiger partial charge is 0.444 e. The van der Waals surface area contributed by atoms with Crippen molar-refractivity contribution in [2.45, 2.75) is 142 Å². The Bertz CT molecular complexity index is 1660. The molecule has 3 amide bonds. The van der Waals surface area contributed by atoms with Crippen molar-refractivity contribution in [3.8, 4) is 0 Å². The van der Waals surface area contributed by atoms with Gasteiger partial charge in [-0.3, -0.25) is 19.2 Å². The molecule has 1 aromatic rings. The van der Waals surface area contributed by atoms with Gasteiger partial charge in [0.1, 0.15) is 11.4 Å². The summed E-state index contributed by atoms with van der Waals surface area (Å²) in [5.74, 6) is -4.09. The number of nitrogen functional groups attached to an aromatic ring is 1. The zero-order chi connectivity index (χ0) is 44.4. The molecule has 0 radical (unpaired) electrons. The van der Waals surface area contributed by atoms with E-state index < -0.39 is 75.2 Å². The van der Waals surface area contributed by atoms with E-state index in [0.717, 1.165) is 0 Å². The van der Waals surface area contributed by atoms with Crippen LogP contribution in [0.2, 0.25) is 0 Å². The minimum absolute atomic E-state index is 0.00401. The number of sulfone groups is 1. The molecule has 1 saturated heterocycles. The number of carbonyl (C=O) groups excluding carboxylic acids is 5. The number of likely N-dealkylation sites (N-methyl/N-ethyl adjacent to an activating group) is 2. The lowest BCUT2D eigenvalue weighted by molar-refractivity contribution is -0.149. The van der Waals surface area contributed by atoms with Crippen molar-refractivity contribution in [3.63, 3.8) is 0 Å². The molecule has 15 heteroatoms. The third-order valence-electron chi connectivity index (χ3n) is 11.5. The number of hydrogen-bond donors (Lipinski definition) is 1. The average Bonchev–Trinajstić information content (AvgIpc) is 3.62. The molecule has 8 atom stereocenters. The topological polar surface area (TPSA) is 183 Å². The first kappa shape index (κ1) is 50.6. The maximum atomic E-state index is 14.5. The third kappa shape index (κ3) is 13.2. The van der Waals surface area contributed by atoms with Gasteiger partial charge in [-0.15, -0.1) is 0 Å². The van der Waals surface area contributed by atoms with Crippen LogP contribution in [0.1, 0.15) is 101 Å². The SMILES string of the molecule is CC[C@H](C)[C@@H]([C@@H](CC(=O)N1CCC[C@H]1[C@H](OC)[C@@H](C)C(=O)CS(=O)(=O)c1ccc(N)cc1)OC)N(C)C(=O)[C@@H](CC(=O)[C@H](C(C)C)N(C)C(=O)OC(C)(C)C)C(C)C. The summed E-state index contributed by atoms with van der Waals surface area (Å²) < 4.78 is 43.6. The fraction of sp³-hybridized carbons (Fsp3) is 0.744. The van der Waals surface area contributed by atoms with Gasteiger partial charge in [0.2, 0.25) is 11.8 Å². The van der Waals surface area contributed by atoms with Gasteiger partial charge in [0.25, 0.3) is 0 Å². The molecular formula is C43H72N4O10S. The summed E-state index contributed by atoms with van der Waals surface area (Å²) in [7, 11) is 2.25. The van der Waals surface area contributed by atoms with E-state index >= 15 is 0 Å². The lowest BCUT2D eigenvalue weighted by atomic mass is 9.83. The maximum Gasteiger partial charge on any atom is 0.410 e. The van der Waals surface area contributed by atoms with E-state index in [9.17, 15) is 32.4 Å². The van der Waals surface area contributed by atoms with Crippen LogP contribution in [0.15, 0.2) is 29.2 Å². The molecule has 1 aromatic carbocycles. The lowest BCUT2D eigenvalue weighted by Gasteiger charge is -2.41. The second-order valence-electron chi connectivity index (χ2n) is 17.7. The van der Waals surface area contributed by atoms with E-state index in [-0.39, 0.29) is 53.1 Å². The van der Waals surface area contributed by atoms with Crippen LogP contribution in [-0.4, -0.2) is 129 Å². The monoisotopic (exact) mass is 836 g/mol. The number of Topliss-reactive ketones (excluding diaryl/α,β-unsaturated/α-hetero) is 2. The summed E-state index contributed by atoms with van der Waals surface area (Å²) in [5.41, 5.74) is 5.37. The van der Waals surface area contributed by atoms with Crippen molar-refractivity contribution in [1.29, 1.82) is 0 Å². The quantitative estimate of drug-likeness (QED) is 0.151. The van der Waals surface area contributed by atoms with E-state index in [1.807, 2.05) is 41.5 Å². The summed E-state index contributed by atoms with van der Waals surface area (Å²) in [6.07, 6.45) is -0.350. The zero-order valence-electron chi connectivity index (χ0n) is 37.4. The van der Waals surface area contributed by atoms with Crippen molar-refractivity contribution < 1.29 is 46.6 Å². The Balaban J connectivity index is 2.32. The number of anilines is 1. The maximum absolute atomic E-state index is 14.5. The molecule has 0 unspecified atom stereocenters. The first-order valence-corrected chi connectivity index (χ1v) is 22.2. The number of rotatable bonds is 21. The van der Waals surface area contributed by atoms with Crippen LogP contribution in [0.5, 0.6) is 0 Å². The molecule has 2 N–H and O–H groups in total. The molecule has 1 aliphatic rings. The van der Waals surface area contributed by atoms with Crippen LogP contribution in [-0.2, 0) is 43.2 Å². The normalized spacial score (nSPS) is 18.6. The highest BCUT2D eigenvalue weighted by Crippen LogP contribution is 2.32. The molecule has 1 fully saturated rings. The van der Waals surface area contributed by atoms with E-state index in [1.165, 1.54) is 43.4 Å². The second-order valence-corrected chi connectivity index (χ2v) is 19.7. The highest BCUT2D eigenvalue weighted by Gasteiger charge is 2.44. The highest BCUT2D eigenvalue weighted by atomic mass is 32.2. The van der Waals surface area contributed by atoms with E-state index in [1.54, 1.807) is 51.6 Å². The van der Waals surface area contributed by atoms with Gasteiger partial charge in [-0.2, -0.15) is 0 Å². The Hall–Kier alpha value is -3.56. The Morgan fingerprint density at radius 1 is 0.879 bits per heavy atom. The number of ketones is 2. The smallest absolute Gasteiger partial charge is 0.410 e. The number of hydrogen-bond acceptors (Lipinski definition) is 11. The van der Waals surface area contributed by atoms with Gasteiger partial charge in [0, 0.05) is 58.8 Å². The third-order valence-corrected chi connectivity index (χ3v) is 13.2. The fourth-order valence-electron chi connectivity index (χ4n) is 8.11. The average molecular weight is 837 g/mol. The molecular weight excluding hydrogens is 765 g/mol. The Kier molecular flexibility index (Phi) is 18.9. The van der Waals surface area contributed by atoms with Gasteiger partial charge in [-0.1, -0.05) is 54.9 Å². The minimum Gasteiger partial charge on any atom is -0.444 e. The van der Waals surface area contributed by atoms with Crippen LogP contribution in [0, 0.1) is 29.6 Å². The van der Waals surface area contributed by atoms with Crippen molar-refractivity contribution in [2.75, 3.05) is 46.3 Å². The van der Waals surface area contributed by atoms with Crippen LogP contribution >= 0.6 is 0 Å². The molecule has 0 spiro atoms. The number of nitrogens with zero attached hydrogens (tertiary/aromatic N) is 3. The lowest BCUT2D eigenvalue weighted by Crippen LogP contribution is -2.54. The van der Waals surface area contributed by atoms with Crippen molar-refractivity contribution >= 4 is 45.0 Å². The van der Waals surface area contributed by atoms with Crippen LogP contribution < -0.4 is 5.73 Å². The summed E-state index contributed by atoms with van der Waals surface area (Å²) in [6.45, 7) is 18.8. The van der Waals surface area contributed by atoms with Gasteiger partial charge >= 0.3 is 6.09 Å². The van der Waals surface area contributed by atoms with Gasteiger partial charge in [-0.25, -0.2) is 13.2 Å². The summed E-state index contributed by atoms with van der Waals surface area (Å²) >= 11 is 0. The number of methoxy groups -OCH3 is 2. The molecule has 1 aliphatic heterocycles. The van der Waals surface area contributed by atoms with Crippen LogP contribution in [0.3, 0.4) is 0 Å². The van der Waals surface area contributed by atoms with Crippen LogP contribution in [0.4, 0.5) is 10.5 Å². The Morgan fingerprint density at radius 3 is 1.95 bits per heavy atom. The number of amides is 3. The fourth-order valence-corrected chi connectivity index (χ4v) is 9.46.